The molecule has 0 aromatic heterocycles. The molecule has 0 atom stereocenters. The third-order valence-corrected chi connectivity index (χ3v) is 4.17. The summed E-state index contributed by atoms with van der Waals surface area (Å²) in [5, 5.41) is 9.43. The summed E-state index contributed by atoms with van der Waals surface area (Å²) in [4.78, 5) is 27.1. The summed E-state index contributed by atoms with van der Waals surface area (Å²) in [6, 6.07) is 0. The average Bonchev–Trinajstić information content (AvgIpc) is 2.41. The van der Waals surface area contributed by atoms with Crippen LogP contribution in [0.25, 0.3) is 0 Å². The van der Waals surface area contributed by atoms with Crippen LogP contribution in [0.1, 0.15) is 25.7 Å². The van der Waals surface area contributed by atoms with Crippen LogP contribution >= 0.6 is 0 Å². The molecule has 0 aromatic carbocycles. The van der Waals surface area contributed by atoms with E-state index in [-0.39, 0.29) is 23.8 Å². The van der Waals surface area contributed by atoms with Crippen molar-refractivity contribution in [2.45, 2.75) is 31.8 Å². The number of rotatable bonds is 3. The number of primary amides is 1. The SMILES string of the molecule is NC(=O)C1CCN(C(=O)CN2CCC(O)CC2)CC1. The molecule has 2 saturated heterocycles. The van der Waals surface area contributed by atoms with Crippen LogP contribution in [-0.4, -0.2) is 65.5 Å². The van der Waals surface area contributed by atoms with Crippen molar-refractivity contribution >= 4 is 11.8 Å². The molecule has 2 aliphatic rings. The Kier molecular flexibility index (Phi) is 4.76. The second-order valence-corrected chi connectivity index (χ2v) is 5.56. The van der Waals surface area contributed by atoms with E-state index >= 15 is 0 Å². The topological polar surface area (TPSA) is 86.9 Å². The Labute approximate surface area is 113 Å². The molecule has 108 valence electrons. The van der Waals surface area contributed by atoms with E-state index in [0.717, 1.165) is 25.9 Å². The maximum Gasteiger partial charge on any atom is 0.236 e. The summed E-state index contributed by atoms with van der Waals surface area (Å²) in [5.74, 6) is -0.203. The number of hydrogen-bond acceptors (Lipinski definition) is 4. The summed E-state index contributed by atoms with van der Waals surface area (Å²) in [5.41, 5.74) is 5.28. The van der Waals surface area contributed by atoms with Crippen molar-refractivity contribution in [3.63, 3.8) is 0 Å². The molecule has 0 aromatic rings. The number of piperidine rings is 2. The normalized spacial score (nSPS) is 23.5. The first-order valence-electron chi connectivity index (χ1n) is 7.04. The van der Waals surface area contributed by atoms with E-state index in [1.807, 2.05) is 4.90 Å². The van der Waals surface area contributed by atoms with Crippen molar-refractivity contribution in [3.05, 3.63) is 0 Å². The Balaban J connectivity index is 1.74. The lowest BCUT2D eigenvalue weighted by Gasteiger charge is -2.34. The van der Waals surface area contributed by atoms with Crippen LogP contribution < -0.4 is 5.73 Å². The molecule has 2 amide bonds. The number of likely N-dealkylation sites (tertiary alicyclic amines) is 2. The van der Waals surface area contributed by atoms with E-state index in [1.165, 1.54) is 0 Å². The van der Waals surface area contributed by atoms with Gasteiger partial charge in [0.1, 0.15) is 0 Å². The molecule has 3 N–H and O–H groups in total. The first-order valence-corrected chi connectivity index (χ1v) is 7.04. The highest BCUT2D eigenvalue weighted by molar-refractivity contribution is 5.80. The van der Waals surface area contributed by atoms with Gasteiger partial charge in [-0.15, -0.1) is 0 Å². The number of aliphatic hydroxyl groups is 1. The van der Waals surface area contributed by atoms with Crippen LogP contribution in [0.2, 0.25) is 0 Å². The number of aliphatic hydroxyl groups excluding tert-OH is 1. The molecular formula is C13H23N3O3. The Morgan fingerprint density at radius 3 is 2.16 bits per heavy atom. The van der Waals surface area contributed by atoms with Crippen LogP contribution in [0, 0.1) is 5.92 Å². The van der Waals surface area contributed by atoms with Crippen molar-refractivity contribution < 1.29 is 14.7 Å². The summed E-state index contributed by atoms with van der Waals surface area (Å²) in [7, 11) is 0. The van der Waals surface area contributed by atoms with Gasteiger partial charge in [-0.05, 0) is 25.7 Å². The third-order valence-electron chi connectivity index (χ3n) is 4.17. The van der Waals surface area contributed by atoms with Crippen molar-refractivity contribution in [2.75, 3.05) is 32.7 Å². The van der Waals surface area contributed by atoms with Gasteiger partial charge >= 0.3 is 0 Å². The fourth-order valence-corrected chi connectivity index (χ4v) is 2.78. The zero-order chi connectivity index (χ0) is 13.8. The molecule has 6 nitrogen and oxygen atoms in total. The maximum atomic E-state index is 12.1. The van der Waals surface area contributed by atoms with Gasteiger partial charge in [-0.2, -0.15) is 0 Å². The predicted octanol–water partition coefficient (Wildman–Crippen LogP) is -0.833. The van der Waals surface area contributed by atoms with Crippen LogP contribution in [0.4, 0.5) is 0 Å². The molecule has 19 heavy (non-hydrogen) atoms. The second kappa shape index (κ2) is 6.34. The van der Waals surface area contributed by atoms with Crippen LogP contribution in [0.15, 0.2) is 0 Å². The van der Waals surface area contributed by atoms with E-state index in [0.29, 0.717) is 32.5 Å². The quantitative estimate of drug-likeness (QED) is 0.700. The van der Waals surface area contributed by atoms with Crippen LogP contribution in [0.3, 0.4) is 0 Å². The minimum Gasteiger partial charge on any atom is -0.393 e. The highest BCUT2D eigenvalue weighted by Crippen LogP contribution is 2.17. The minimum absolute atomic E-state index is 0.0748. The largest absolute Gasteiger partial charge is 0.393 e. The van der Waals surface area contributed by atoms with E-state index < -0.39 is 0 Å². The zero-order valence-corrected chi connectivity index (χ0v) is 11.3. The van der Waals surface area contributed by atoms with Crippen molar-refractivity contribution in [2.24, 2.45) is 11.7 Å². The van der Waals surface area contributed by atoms with E-state index in [4.69, 9.17) is 5.73 Å². The molecule has 2 aliphatic heterocycles. The molecule has 6 heteroatoms. The molecule has 0 saturated carbocycles. The molecule has 2 heterocycles. The van der Waals surface area contributed by atoms with Crippen LogP contribution in [-0.2, 0) is 9.59 Å². The van der Waals surface area contributed by atoms with E-state index in [2.05, 4.69) is 4.90 Å². The molecule has 0 unspecified atom stereocenters. The fourth-order valence-electron chi connectivity index (χ4n) is 2.78. The summed E-state index contributed by atoms with van der Waals surface area (Å²) in [6.07, 6.45) is 2.64. The monoisotopic (exact) mass is 269 g/mol. The highest BCUT2D eigenvalue weighted by Gasteiger charge is 2.27. The lowest BCUT2D eigenvalue weighted by atomic mass is 9.96. The van der Waals surface area contributed by atoms with Gasteiger partial charge in [-0.1, -0.05) is 0 Å². The minimum atomic E-state index is -0.253. The van der Waals surface area contributed by atoms with Gasteiger partial charge in [0, 0.05) is 32.1 Å². The van der Waals surface area contributed by atoms with Gasteiger partial charge in [0.05, 0.1) is 12.6 Å². The smallest absolute Gasteiger partial charge is 0.236 e. The van der Waals surface area contributed by atoms with Crippen LogP contribution in [0.5, 0.6) is 0 Å². The summed E-state index contributed by atoms with van der Waals surface area (Å²) in [6.45, 7) is 3.25. The fraction of sp³-hybridized carbons (Fsp3) is 0.846. The number of nitrogens with zero attached hydrogens (tertiary/aromatic N) is 2. The molecule has 0 bridgehead atoms. The lowest BCUT2D eigenvalue weighted by Crippen LogP contribution is -2.47. The molecular weight excluding hydrogens is 246 g/mol. The van der Waals surface area contributed by atoms with Crippen molar-refractivity contribution in [1.82, 2.24) is 9.80 Å². The van der Waals surface area contributed by atoms with Crippen molar-refractivity contribution in [1.29, 1.82) is 0 Å². The summed E-state index contributed by atoms with van der Waals surface area (Å²) < 4.78 is 0. The van der Waals surface area contributed by atoms with Gasteiger partial charge in [-0.3, -0.25) is 14.5 Å². The van der Waals surface area contributed by atoms with Gasteiger partial charge in [0.2, 0.25) is 11.8 Å². The number of carbonyl (C=O) groups is 2. The molecule has 0 aliphatic carbocycles. The number of hydrogen-bond donors (Lipinski definition) is 2. The molecule has 2 fully saturated rings. The number of carbonyl (C=O) groups excluding carboxylic acids is 2. The van der Waals surface area contributed by atoms with Gasteiger partial charge in [0.25, 0.3) is 0 Å². The second-order valence-electron chi connectivity index (χ2n) is 5.56. The number of amides is 2. The van der Waals surface area contributed by atoms with Crippen molar-refractivity contribution in [3.8, 4) is 0 Å². The first kappa shape index (κ1) is 14.3. The Morgan fingerprint density at radius 2 is 1.63 bits per heavy atom. The highest BCUT2D eigenvalue weighted by atomic mass is 16.3. The van der Waals surface area contributed by atoms with Gasteiger partial charge in [-0.25, -0.2) is 0 Å². The standard InChI is InChI=1S/C13H23N3O3/c14-13(19)10-1-7-16(8-2-10)12(18)9-15-5-3-11(17)4-6-15/h10-11,17H,1-9H2,(H2,14,19). The Hall–Kier alpha value is -1.14. The Morgan fingerprint density at radius 1 is 1.05 bits per heavy atom. The summed E-state index contributed by atoms with van der Waals surface area (Å²) >= 11 is 0. The predicted molar refractivity (Wildman–Crippen MR) is 70.2 cm³/mol. The first-order chi connectivity index (χ1) is 9.06. The maximum absolute atomic E-state index is 12.1. The zero-order valence-electron chi connectivity index (χ0n) is 11.3. The van der Waals surface area contributed by atoms with E-state index in [1.54, 1.807) is 0 Å². The van der Waals surface area contributed by atoms with E-state index in [9.17, 15) is 14.7 Å². The average molecular weight is 269 g/mol. The van der Waals surface area contributed by atoms with Gasteiger partial charge < -0.3 is 15.7 Å². The molecule has 0 radical (unpaired) electrons. The molecule has 0 spiro atoms. The number of nitrogens with two attached hydrogens (primary N) is 1. The Bertz CT molecular complexity index is 332. The third kappa shape index (κ3) is 3.91. The van der Waals surface area contributed by atoms with Gasteiger partial charge in [0.15, 0.2) is 0 Å². The molecule has 2 rings (SSSR count). The lowest BCUT2D eigenvalue weighted by molar-refractivity contribution is -0.136.